The normalized spacial score (nSPS) is 21.4. The van der Waals surface area contributed by atoms with Gasteiger partial charge in [-0.25, -0.2) is 9.59 Å². The quantitative estimate of drug-likeness (QED) is 0.0183. The van der Waals surface area contributed by atoms with E-state index in [2.05, 4.69) is 20.3 Å². The summed E-state index contributed by atoms with van der Waals surface area (Å²) in [5.74, 6) is -4.82. The number of nitrogens with zero attached hydrogens (tertiary/aromatic N) is 3. The Morgan fingerprint density at radius 1 is 0.883 bits per heavy atom. The van der Waals surface area contributed by atoms with Crippen LogP contribution in [0.5, 0.6) is 5.75 Å². The van der Waals surface area contributed by atoms with Gasteiger partial charge in [0.25, 0.3) is 32.1 Å². The molecule has 33 heteroatoms. The molecule has 4 aromatic rings. The van der Waals surface area contributed by atoms with Crippen LogP contribution in [0.4, 0.5) is 5.69 Å². The second-order valence-electron chi connectivity index (χ2n) is 17.5. The number of aromatic carboxylic acids is 1. The van der Waals surface area contributed by atoms with Crippen molar-refractivity contribution in [2.75, 3.05) is 31.3 Å². The predicted octanol–water partition coefficient (Wildman–Crippen LogP) is 0.0517. The van der Waals surface area contributed by atoms with Gasteiger partial charge in [0, 0.05) is 60.2 Å². The Morgan fingerprint density at radius 2 is 1.51 bits per heavy atom. The average molecular weight is 1150 g/mol. The molecular weight excluding hydrogens is 1100 g/mol. The summed E-state index contributed by atoms with van der Waals surface area (Å²) in [4.78, 5) is 84.2. The summed E-state index contributed by atoms with van der Waals surface area (Å²) < 4.78 is 111. The van der Waals surface area contributed by atoms with Crippen LogP contribution in [0.25, 0.3) is 5.57 Å². The number of fused-ring (bicyclic) bond motifs is 2. The third-order valence-corrected chi connectivity index (χ3v) is 17.6. The third-order valence-electron chi connectivity index (χ3n) is 12.1. The predicted molar refractivity (Wildman–Crippen MR) is 266 cm³/mol. The number of amides is 2. The van der Waals surface area contributed by atoms with Crippen LogP contribution in [0, 0.1) is 5.41 Å². The smallest absolute Gasteiger partial charge is 0.340 e. The molecule has 0 radical (unpaired) electrons. The van der Waals surface area contributed by atoms with Gasteiger partial charge in [-0.3, -0.25) is 37.0 Å². The van der Waals surface area contributed by atoms with Crippen molar-refractivity contribution in [2.24, 2.45) is 12.2 Å². The molecule has 3 aromatic carbocycles. The zero-order valence-corrected chi connectivity index (χ0v) is 43.3. The van der Waals surface area contributed by atoms with Gasteiger partial charge in [-0.1, -0.05) is 29.4 Å². The molecule has 1 fully saturated rings. The molecule has 1 aromatic heterocycles. The number of aliphatic hydroxyl groups is 2. The highest BCUT2D eigenvalue weighted by Gasteiger charge is 2.48. The van der Waals surface area contributed by atoms with E-state index in [9.17, 15) is 74.5 Å². The molecule has 2 amide bonds. The third kappa shape index (κ3) is 13.2. The van der Waals surface area contributed by atoms with Crippen LogP contribution in [0.15, 0.2) is 99.4 Å². The van der Waals surface area contributed by atoms with E-state index in [-0.39, 0.29) is 53.0 Å². The number of nitrogens with one attached hydrogen (secondary N) is 3. The Morgan fingerprint density at radius 3 is 2.12 bits per heavy atom. The van der Waals surface area contributed by atoms with Gasteiger partial charge in [-0.15, -0.1) is 0 Å². The van der Waals surface area contributed by atoms with Crippen LogP contribution in [-0.4, -0.2) is 144 Å². The van der Waals surface area contributed by atoms with Gasteiger partial charge in [-0.05, 0) is 66.4 Å². The van der Waals surface area contributed by atoms with Crippen LogP contribution in [0.2, 0.25) is 0 Å². The number of hydrogen-bond donors (Lipinski definition) is 12. The van der Waals surface area contributed by atoms with Crippen molar-refractivity contribution in [1.29, 1.82) is 5.41 Å². The number of carboxylic acid groups (broad SMARTS) is 1. The maximum atomic E-state index is 13.3. The Kier molecular flexibility index (Phi) is 17.1. The molecule has 0 saturated carbocycles. The highest BCUT2D eigenvalue weighted by molar-refractivity contribution is 7.87. The number of allylic oxidation sites excluding steroid dienone is 1. The van der Waals surface area contributed by atoms with Crippen molar-refractivity contribution < 1.29 is 98.3 Å². The Bertz CT molecular complexity index is 3580. The summed E-state index contributed by atoms with van der Waals surface area (Å²) in [7, 11) is -18.7. The van der Waals surface area contributed by atoms with Crippen molar-refractivity contribution in [3.8, 4) is 5.75 Å². The minimum absolute atomic E-state index is 0.0162. The van der Waals surface area contributed by atoms with Gasteiger partial charge in [0.05, 0.1) is 23.6 Å². The number of rotatable bonds is 20. The van der Waals surface area contributed by atoms with E-state index in [1.54, 1.807) is 12.1 Å². The number of hydrogen-bond acceptors (Lipinski definition) is 19. The molecule has 1 saturated heterocycles. The van der Waals surface area contributed by atoms with E-state index >= 15 is 0 Å². The monoisotopic (exact) mass is 1150 g/mol. The molecule has 77 heavy (non-hydrogen) atoms. The molecule has 29 nitrogen and oxygen atoms in total. The van der Waals surface area contributed by atoms with Gasteiger partial charge >= 0.3 is 26.9 Å². The summed E-state index contributed by atoms with van der Waals surface area (Å²) in [6.07, 6.45) is -4.02. The van der Waals surface area contributed by atoms with Crippen molar-refractivity contribution in [3.63, 3.8) is 0 Å². The molecule has 5 unspecified atom stereocenters. The molecule has 1 aliphatic carbocycles. The number of ether oxygens (including phenoxy) is 2. The van der Waals surface area contributed by atoms with Crippen molar-refractivity contribution in [2.45, 2.75) is 60.2 Å². The zero-order valence-electron chi connectivity index (χ0n) is 39.8. The lowest BCUT2D eigenvalue weighted by Gasteiger charge is -2.36. The molecule has 13 N–H and O–H groups in total. The van der Waals surface area contributed by atoms with E-state index < -0.39 is 135 Å². The maximum absolute atomic E-state index is 13.3. The SMILES string of the molecule is Cn1c(=O)n([C@@H]2O[C@H](COP(=O)(O)CP(=O)(O)O)C(O)C2O)cc/c1=N/OCc1ccc(C(=O)NCCCCNC(=O)c2ccc(C3=C4C=CC(=N)C(S(=O)(=O)O)C4Oc4c3ccc(N)c4S(=O)(=O)O)c(C(=O)O)c2)cc1. The van der Waals surface area contributed by atoms with Gasteiger partial charge in [-0.2, -0.15) is 16.8 Å². The lowest BCUT2D eigenvalue weighted by Crippen LogP contribution is -2.47. The number of benzene rings is 3. The molecule has 0 bridgehead atoms. The minimum Gasteiger partial charge on any atom is -0.482 e. The first-order valence-corrected chi connectivity index (χ1v) is 29.0. The number of nitrogen functional groups attached to an aromatic ring is 1. The number of aromatic nitrogens is 2. The summed E-state index contributed by atoms with van der Waals surface area (Å²) >= 11 is 0. The second-order valence-corrected chi connectivity index (χ2v) is 24.4. The van der Waals surface area contributed by atoms with Crippen LogP contribution in [-0.2, 0) is 57.1 Å². The number of anilines is 1. The minimum atomic E-state index is -5.17. The molecule has 414 valence electrons. The lowest BCUT2D eigenvalue weighted by molar-refractivity contribution is -0.0530. The highest BCUT2D eigenvalue weighted by Crippen LogP contribution is 2.55. The van der Waals surface area contributed by atoms with Gasteiger partial charge in [0.15, 0.2) is 33.5 Å². The molecular formula is C44H49N7O22P2S2. The zero-order chi connectivity index (χ0) is 56.5. The standard InChI is InChI=1S/C44H49N7O22P2S2/c1-50-32(14-17-51(44(50)58)42-35(53)34(52)31(72-42)20-71-75(62,63)21-74(59,60)61)49-70-19-22-4-6-23(7-5-22)40(54)47-15-2-3-16-48-41(55)24-8-9-25(28(18-24)43(56)57)33-26-10-12-29(45)38(76(64,65)66)36(26)73-37-27(33)11-13-30(46)39(37)77(67,68)69/h4-14,17-18,31,34-36,38,42,45,52-53H,2-3,15-16,19-21,46H2,1H3,(H,47,54)(H,48,55)(H,56,57)(H,62,63)(H2,59,60,61)(H,64,65,66)(H,67,68,69)/b45-29?,49-32-/t31-,34?,35?,36?,38?,42-/m1/s1. The van der Waals surface area contributed by atoms with Crippen LogP contribution in [0.1, 0.15) is 66.8 Å². The largest absolute Gasteiger partial charge is 0.482 e. The fraction of sp³-hybridized carbons (Fsp3) is 0.318. The molecule has 3 heterocycles. The summed E-state index contributed by atoms with van der Waals surface area (Å²) in [6, 6.07) is 13.4. The molecule has 3 aliphatic rings. The molecule has 2 aliphatic heterocycles. The van der Waals surface area contributed by atoms with Crippen molar-refractivity contribution in [3.05, 3.63) is 134 Å². The van der Waals surface area contributed by atoms with Crippen molar-refractivity contribution >= 4 is 70.2 Å². The highest BCUT2D eigenvalue weighted by atomic mass is 32.2. The van der Waals surface area contributed by atoms with Gasteiger partial charge in [0.2, 0.25) is 0 Å². The average Bonchev–Trinajstić information content (AvgIpc) is 3.67. The molecule has 7 atom stereocenters. The van der Waals surface area contributed by atoms with Crippen LogP contribution in [0.3, 0.4) is 0 Å². The van der Waals surface area contributed by atoms with Gasteiger partial charge in [0.1, 0.15) is 31.0 Å². The maximum Gasteiger partial charge on any atom is 0.340 e. The summed E-state index contributed by atoms with van der Waals surface area (Å²) in [6.45, 7) is -0.657. The van der Waals surface area contributed by atoms with E-state index in [0.717, 1.165) is 27.3 Å². The fourth-order valence-corrected chi connectivity index (χ4v) is 12.6. The van der Waals surface area contributed by atoms with E-state index in [1.807, 2.05) is 0 Å². The number of carbonyl (C=O) groups excluding carboxylic acids is 2. The second kappa shape index (κ2) is 22.7. The van der Waals surface area contributed by atoms with E-state index in [0.29, 0.717) is 24.0 Å². The first-order valence-electron chi connectivity index (χ1n) is 22.5. The first-order chi connectivity index (χ1) is 36.0. The Balaban J connectivity index is 0.915. The number of nitrogens with two attached hydrogens (primary N) is 1. The number of carbonyl (C=O) groups is 3. The Hall–Kier alpha value is -6.70. The van der Waals surface area contributed by atoms with E-state index in [1.165, 1.54) is 55.7 Å². The number of aliphatic hydroxyl groups excluding tert-OH is 2. The summed E-state index contributed by atoms with van der Waals surface area (Å²) in [5, 5.41) is 46.8. The lowest BCUT2D eigenvalue weighted by atomic mass is 9.81. The van der Waals surface area contributed by atoms with Gasteiger partial charge < -0.3 is 70.6 Å². The molecule has 7 rings (SSSR count). The summed E-state index contributed by atoms with van der Waals surface area (Å²) in [5.41, 5.74) is 3.70. The number of carboxylic acids is 1. The fourth-order valence-electron chi connectivity index (χ4n) is 8.41. The van der Waals surface area contributed by atoms with Crippen LogP contribution >= 0.6 is 15.2 Å². The first kappa shape index (κ1) is 58.0. The van der Waals surface area contributed by atoms with Crippen LogP contribution < -0.4 is 32.3 Å². The van der Waals surface area contributed by atoms with Crippen molar-refractivity contribution in [1.82, 2.24) is 19.8 Å². The topological polar surface area (TPSA) is 466 Å². The molecule has 0 spiro atoms. The van der Waals surface area contributed by atoms with E-state index in [4.69, 9.17) is 35.2 Å². The number of unbranched alkanes of at least 4 members (excludes halogenated alkanes) is 1. The Labute approximate surface area is 435 Å².